The maximum Gasteiger partial charge on any atom is 0.0558 e. The third kappa shape index (κ3) is 2.94. The number of hydrogen-bond acceptors (Lipinski definition) is 3. The highest BCUT2D eigenvalue weighted by Crippen LogP contribution is 2.13. The molecule has 0 spiro atoms. The van der Waals surface area contributed by atoms with E-state index < -0.39 is 0 Å². The van der Waals surface area contributed by atoms with Gasteiger partial charge in [-0.05, 0) is 25.1 Å². The molecule has 16 heavy (non-hydrogen) atoms. The molecule has 2 heterocycles. The van der Waals surface area contributed by atoms with Crippen LogP contribution in [0.15, 0.2) is 18.3 Å². The first-order valence-corrected chi connectivity index (χ1v) is 6.22. The van der Waals surface area contributed by atoms with Crippen molar-refractivity contribution in [2.24, 2.45) is 0 Å². The van der Waals surface area contributed by atoms with Crippen molar-refractivity contribution >= 4 is 11.6 Å². The zero-order valence-corrected chi connectivity index (χ0v) is 10.4. The van der Waals surface area contributed by atoms with Crippen molar-refractivity contribution in [2.75, 3.05) is 19.6 Å². The first kappa shape index (κ1) is 11.8. The summed E-state index contributed by atoms with van der Waals surface area (Å²) in [6, 6.07) is 4.44. The summed E-state index contributed by atoms with van der Waals surface area (Å²) >= 11 is 5.96. The van der Waals surface area contributed by atoms with Gasteiger partial charge >= 0.3 is 0 Å². The molecule has 0 aliphatic carbocycles. The molecule has 88 valence electrons. The Kier molecular flexibility index (Phi) is 4.16. The maximum absolute atomic E-state index is 5.96. The zero-order chi connectivity index (χ0) is 11.4. The molecule has 0 aromatic carbocycles. The van der Waals surface area contributed by atoms with Crippen LogP contribution in [0.2, 0.25) is 5.02 Å². The van der Waals surface area contributed by atoms with E-state index >= 15 is 0 Å². The van der Waals surface area contributed by atoms with Gasteiger partial charge in [0.15, 0.2) is 0 Å². The monoisotopic (exact) mass is 239 g/mol. The van der Waals surface area contributed by atoms with Crippen LogP contribution in [0, 0.1) is 0 Å². The topological polar surface area (TPSA) is 28.2 Å². The first-order chi connectivity index (χ1) is 7.79. The van der Waals surface area contributed by atoms with Gasteiger partial charge in [-0.3, -0.25) is 9.88 Å². The molecule has 1 aliphatic heterocycles. The predicted octanol–water partition coefficient (Wildman–Crippen LogP) is 1.92. The molecule has 3 nitrogen and oxygen atoms in total. The van der Waals surface area contributed by atoms with Gasteiger partial charge in [0, 0.05) is 36.9 Å². The van der Waals surface area contributed by atoms with E-state index in [9.17, 15) is 0 Å². The highest BCUT2D eigenvalue weighted by atomic mass is 35.5. The number of halogens is 1. The molecule has 1 fully saturated rings. The van der Waals surface area contributed by atoms with E-state index in [1.165, 1.54) is 6.42 Å². The molecular weight excluding hydrogens is 222 g/mol. The van der Waals surface area contributed by atoms with Gasteiger partial charge in [-0.15, -0.1) is 0 Å². The summed E-state index contributed by atoms with van der Waals surface area (Å²) in [5.41, 5.74) is 1.06. The lowest BCUT2D eigenvalue weighted by molar-refractivity contribution is 0.136. The molecule has 0 amide bonds. The minimum Gasteiger partial charge on any atom is -0.314 e. The molecular formula is C12H18ClN3. The molecule has 1 saturated heterocycles. The van der Waals surface area contributed by atoms with Crippen LogP contribution in [0.25, 0.3) is 0 Å². The van der Waals surface area contributed by atoms with Crippen molar-refractivity contribution in [3.8, 4) is 0 Å². The Morgan fingerprint density at radius 3 is 2.94 bits per heavy atom. The largest absolute Gasteiger partial charge is 0.314 e. The summed E-state index contributed by atoms with van der Waals surface area (Å²) < 4.78 is 0. The Morgan fingerprint density at radius 1 is 1.56 bits per heavy atom. The van der Waals surface area contributed by atoms with Crippen LogP contribution in [-0.2, 0) is 6.54 Å². The molecule has 0 radical (unpaired) electrons. The van der Waals surface area contributed by atoms with E-state index in [1.807, 2.05) is 12.1 Å². The highest BCUT2D eigenvalue weighted by molar-refractivity contribution is 6.30. The number of rotatable bonds is 5. The number of aromatic nitrogens is 1. The molecule has 0 saturated carbocycles. The van der Waals surface area contributed by atoms with E-state index in [-0.39, 0.29) is 0 Å². The average molecular weight is 240 g/mol. The highest BCUT2D eigenvalue weighted by Gasteiger charge is 2.23. The molecule has 0 atom stereocenters. The Labute approximate surface area is 102 Å². The molecule has 0 bridgehead atoms. The van der Waals surface area contributed by atoms with Gasteiger partial charge in [-0.1, -0.05) is 18.5 Å². The molecule has 1 aliphatic rings. The van der Waals surface area contributed by atoms with Crippen LogP contribution in [-0.4, -0.2) is 35.6 Å². The summed E-state index contributed by atoms with van der Waals surface area (Å²) in [6.07, 6.45) is 2.96. The molecule has 2 rings (SSSR count). The lowest BCUT2D eigenvalue weighted by Gasteiger charge is -2.38. The Morgan fingerprint density at radius 2 is 2.38 bits per heavy atom. The zero-order valence-electron chi connectivity index (χ0n) is 9.62. The van der Waals surface area contributed by atoms with Gasteiger partial charge in [0.05, 0.1) is 5.69 Å². The van der Waals surface area contributed by atoms with E-state index in [1.54, 1.807) is 6.20 Å². The fourth-order valence-electron chi connectivity index (χ4n) is 1.95. The second-order valence-corrected chi connectivity index (χ2v) is 4.68. The second-order valence-electron chi connectivity index (χ2n) is 4.25. The van der Waals surface area contributed by atoms with Crippen LogP contribution < -0.4 is 5.32 Å². The lowest BCUT2D eigenvalue weighted by Crippen LogP contribution is -2.57. The van der Waals surface area contributed by atoms with Crippen molar-refractivity contribution in [1.29, 1.82) is 0 Å². The van der Waals surface area contributed by atoms with E-state index in [4.69, 9.17) is 11.6 Å². The van der Waals surface area contributed by atoms with E-state index in [0.29, 0.717) is 6.04 Å². The Balaban J connectivity index is 1.98. The quantitative estimate of drug-likeness (QED) is 0.851. The Hall–Kier alpha value is -0.640. The van der Waals surface area contributed by atoms with Crippen LogP contribution in [0.1, 0.15) is 19.0 Å². The van der Waals surface area contributed by atoms with Crippen molar-refractivity contribution in [3.05, 3.63) is 29.0 Å². The third-order valence-corrected chi connectivity index (χ3v) is 3.17. The van der Waals surface area contributed by atoms with Crippen LogP contribution in [0.5, 0.6) is 0 Å². The summed E-state index contributed by atoms with van der Waals surface area (Å²) in [5.74, 6) is 0. The SMILES string of the molecule is CCCN(Cc1cc(Cl)ccn1)C1CNC1. The van der Waals surface area contributed by atoms with Crippen LogP contribution >= 0.6 is 11.6 Å². The van der Waals surface area contributed by atoms with Gasteiger partial charge in [0.1, 0.15) is 0 Å². The van der Waals surface area contributed by atoms with Crippen molar-refractivity contribution in [1.82, 2.24) is 15.2 Å². The van der Waals surface area contributed by atoms with Gasteiger partial charge in [0.2, 0.25) is 0 Å². The molecule has 1 N–H and O–H groups in total. The van der Waals surface area contributed by atoms with Crippen LogP contribution in [0.4, 0.5) is 0 Å². The molecule has 4 heteroatoms. The second kappa shape index (κ2) is 5.62. The third-order valence-electron chi connectivity index (χ3n) is 2.93. The van der Waals surface area contributed by atoms with Crippen molar-refractivity contribution in [2.45, 2.75) is 25.9 Å². The average Bonchev–Trinajstić information content (AvgIpc) is 2.15. The van der Waals surface area contributed by atoms with Crippen molar-refractivity contribution < 1.29 is 0 Å². The van der Waals surface area contributed by atoms with E-state index in [2.05, 4.69) is 22.1 Å². The van der Waals surface area contributed by atoms with Gasteiger partial charge < -0.3 is 5.32 Å². The fraction of sp³-hybridized carbons (Fsp3) is 0.583. The standard InChI is InChI=1S/C12H18ClN3/c1-2-5-16(12-7-14-8-12)9-11-6-10(13)3-4-15-11/h3-4,6,12,14H,2,5,7-9H2,1H3. The number of nitrogens with zero attached hydrogens (tertiary/aromatic N) is 2. The Bertz CT molecular complexity index is 339. The molecule has 0 unspecified atom stereocenters. The first-order valence-electron chi connectivity index (χ1n) is 5.85. The summed E-state index contributed by atoms with van der Waals surface area (Å²) in [6.45, 7) is 6.44. The molecule has 1 aromatic rings. The minimum absolute atomic E-state index is 0.667. The number of pyridine rings is 1. The number of nitrogens with one attached hydrogen (secondary N) is 1. The summed E-state index contributed by atoms with van der Waals surface area (Å²) in [7, 11) is 0. The smallest absolute Gasteiger partial charge is 0.0558 e. The predicted molar refractivity (Wildman–Crippen MR) is 66.6 cm³/mol. The van der Waals surface area contributed by atoms with Crippen molar-refractivity contribution in [3.63, 3.8) is 0 Å². The number of hydrogen-bond donors (Lipinski definition) is 1. The maximum atomic E-state index is 5.96. The van der Waals surface area contributed by atoms with Gasteiger partial charge in [-0.25, -0.2) is 0 Å². The van der Waals surface area contributed by atoms with Gasteiger partial charge in [0.25, 0.3) is 0 Å². The lowest BCUT2D eigenvalue weighted by atomic mass is 10.1. The molecule has 1 aromatic heterocycles. The van der Waals surface area contributed by atoms with Gasteiger partial charge in [-0.2, -0.15) is 0 Å². The summed E-state index contributed by atoms with van der Waals surface area (Å²) in [4.78, 5) is 6.84. The van der Waals surface area contributed by atoms with E-state index in [0.717, 1.165) is 36.9 Å². The fourth-order valence-corrected chi connectivity index (χ4v) is 2.14. The minimum atomic E-state index is 0.667. The van der Waals surface area contributed by atoms with Crippen LogP contribution in [0.3, 0.4) is 0 Å². The summed E-state index contributed by atoms with van der Waals surface area (Å²) in [5, 5.41) is 4.08. The normalized spacial score (nSPS) is 16.4.